The van der Waals surface area contributed by atoms with Crippen molar-refractivity contribution >= 4 is 16.9 Å². The van der Waals surface area contributed by atoms with Gasteiger partial charge in [-0.25, -0.2) is 4.98 Å². The predicted molar refractivity (Wildman–Crippen MR) is 95.6 cm³/mol. The van der Waals surface area contributed by atoms with Gasteiger partial charge in [-0.2, -0.15) is 0 Å². The fourth-order valence-electron chi connectivity index (χ4n) is 3.47. The number of pyridine rings is 1. The number of aromatic hydroxyl groups is 1. The molecule has 24 heavy (non-hydrogen) atoms. The summed E-state index contributed by atoms with van der Waals surface area (Å²) < 4.78 is 5.25. The number of rotatable bonds is 4. The van der Waals surface area contributed by atoms with Gasteiger partial charge < -0.3 is 20.1 Å². The molecule has 1 aromatic carbocycles. The molecule has 1 fully saturated rings. The van der Waals surface area contributed by atoms with Crippen LogP contribution in [0.2, 0.25) is 0 Å². The average molecular weight is 323 g/mol. The fraction of sp³-hybridized carbons (Fsp3) is 0.316. The standard InChI is InChI=1S/C19H21N3O2/c1-24-17-10-12(6-7-16(17)23)15-11-18(21-13-4-2-3-5-13)22-19-14(15)8-9-20-19/h6-11,13,23H,2-5H2,1H3,(H2,20,21,22). The van der Waals surface area contributed by atoms with Gasteiger partial charge in [-0.3, -0.25) is 0 Å². The van der Waals surface area contributed by atoms with Gasteiger partial charge in [0.25, 0.3) is 0 Å². The highest BCUT2D eigenvalue weighted by Crippen LogP contribution is 2.36. The number of hydrogen-bond acceptors (Lipinski definition) is 4. The van der Waals surface area contributed by atoms with Gasteiger partial charge >= 0.3 is 0 Å². The quantitative estimate of drug-likeness (QED) is 0.669. The first-order valence-electron chi connectivity index (χ1n) is 8.36. The summed E-state index contributed by atoms with van der Waals surface area (Å²) in [6.45, 7) is 0. The van der Waals surface area contributed by atoms with Crippen molar-refractivity contribution in [3.05, 3.63) is 36.5 Å². The number of methoxy groups -OCH3 is 1. The minimum absolute atomic E-state index is 0.143. The van der Waals surface area contributed by atoms with Crippen molar-refractivity contribution in [1.82, 2.24) is 9.97 Å². The summed E-state index contributed by atoms with van der Waals surface area (Å²) in [7, 11) is 1.56. The van der Waals surface area contributed by atoms with E-state index in [1.54, 1.807) is 13.2 Å². The molecule has 3 N–H and O–H groups in total. The highest BCUT2D eigenvalue weighted by Gasteiger charge is 2.17. The van der Waals surface area contributed by atoms with Gasteiger partial charge in [-0.15, -0.1) is 0 Å². The maximum absolute atomic E-state index is 9.84. The second kappa shape index (κ2) is 6.07. The highest BCUT2D eigenvalue weighted by atomic mass is 16.5. The molecule has 5 heteroatoms. The number of nitrogens with one attached hydrogen (secondary N) is 2. The molecule has 0 amide bonds. The molecule has 1 aliphatic rings. The van der Waals surface area contributed by atoms with Crippen LogP contribution in [0.15, 0.2) is 36.5 Å². The second-order valence-corrected chi connectivity index (χ2v) is 6.31. The summed E-state index contributed by atoms with van der Waals surface area (Å²) in [5.74, 6) is 1.50. The second-order valence-electron chi connectivity index (χ2n) is 6.31. The van der Waals surface area contributed by atoms with E-state index in [4.69, 9.17) is 9.72 Å². The van der Waals surface area contributed by atoms with Crippen molar-refractivity contribution in [3.8, 4) is 22.6 Å². The molecule has 0 saturated heterocycles. The van der Waals surface area contributed by atoms with Crippen molar-refractivity contribution in [3.63, 3.8) is 0 Å². The number of aromatic amines is 1. The molecule has 1 saturated carbocycles. The SMILES string of the molecule is COc1cc(-c2cc(NC3CCCC3)nc3[nH]ccc23)ccc1O. The number of benzene rings is 1. The van der Waals surface area contributed by atoms with E-state index in [9.17, 15) is 5.11 Å². The number of aromatic nitrogens is 2. The van der Waals surface area contributed by atoms with E-state index in [0.717, 1.165) is 28.0 Å². The topological polar surface area (TPSA) is 70.2 Å². The van der Waals surface area contributed by atoms with Crippen LogP contribution in [0.5, 0.6) is 11.5 Å². The molecule has 1 aliphatic carbocycles. The highest BCUT2D eigenvalue weighted by molar-refractivity contribution is 5.95. The summed E-state index contributed by atoms with van der Waals surface area (Å²) in [5, 5.41) is 14.5. The molecular weight excluding hydrogens is 302 g/mol. The first-order valence-corrected chi connectivity index (χ1v) is 8.36. The fourth-order valence-corrected chi connectivity index (χ4v) is 3.47. The van der Waals surface area contributed by atoms with E-state index >= 15 is 0 Å². The Bertz CT molecular complexity index is 866. The van der Waals surface area contributed by atoms with Crippen molar-refractivity contribution in [1.29, 1.82) is 0 Å². The van der Waals surface area contributed by atoms with Crippen LogP contribution >= 0.6 is 0 Å². The monoisotopic (exact) mass is 323 g/mol. The average Bonchev–Trinajstić information content (AvgIpc) is 3.26. The molecule has 4 rings (SSSR count). The molecule has 2 aromatic heterocycles. The number of nitrogens with zero attached hydrogens (tertiary/aromatic N) is 1. The molecule has 0 radical (unpaired) electrons. The van der Waals surface area contributed by atoms with Gasteiger partial charge in [0.1, 0.15) is 11.5 Å². The van der Waals surface area contributed by atoms with Crippen LogP contribution in [0.1, 0.15) is 25.7 Å². The lowest BCUT2D eigenvalue weighted by Crippen LogP contribution is -2.15. The molecule has 0 atom stereocenters. The number of phenols is 1. The minimum atomic E-state index is 0.143. The van der Waals surface area contributed by atoms with Crippen LogP contribution in [-0.4, -0.2) is 28.2 Å². The Morgan fingerprint density at radius 3 is 2.83 bits per heavy atom. The van der Waals surface area contributed by atoms with Crippen molar-refractivity contribution in [2.75, 3.05) is 12.4 Å². The van der Waals surface area contributed by atoms with Gasteiger partial charge in [-0.05, 0) is 48.2 Å². The lowest BCUT2D eigenvalue weighted by atomic mass is 10.0. The lowest BCUT2D eigenvalue weighted by molar-refractivity contribution is 0.373. The Labute approximate surface area is 140 Å². The van der Waals surface area contributed by atoms with Crippen LogP contribution in [0, 0.1) is 0 Å². The summed E-state index contributed by atoms with van der Waals surface area (Å²) in [4.78, 5) is 7.90. The third kappa shape index (κ3) is 2.66. The van der Waals surface area contributed by atoms with Gasteiger partial charge in [-0.1, -0.05) is 18.9 Å². The van der Waals surface area contributed by atoms with E-state index < -0.39 is 0 Å². The molecular formula is C19H21N3O2. The molecule has 0 aliphatic heterocycles. The maximum Gasteiger partial charge on any atom is 0.161 e. The zero-order valence-corrected chi connectivity index (χ0v) is 13.7. The molecule has 0 bridgehead atoms. The normalized spacial score (nSPS) is 15.0. The lowest BCUT2D eigenvalue weighted by Gasteiger charge is -2.15. The zero-order valence-electron chi connectivity index (χ0n) is 13.7. The summed E-state index contributed by atoms with van der Waals surface area (Å²) in [6, 6.07) is 10.0. The van der Waals surface area contributed by atoms with E-state index in [1.165, 1.54) is 25.7 Å². The number of H-pyrrole nitrogens is 1. The molecule has 0 unspecified atom stereocenters. The summed E-state index contributed by atoms with van der Waals surface area (Å²) >= 11 is 0. The van der Waals surface area contributed by atoms with Crippen LogP contribution in [0.4, 0.5) is 5.82 Å². The summed E-state index contributed by atoms with van der Waals surface area (Å²) in [5.41, 5.74) is 2.92. The number of ether oxygens (including phenoxy) is 1. The van der Waals surface area contributed by atoms with Crippen molar-refractivity contribution in [2.24, 2.45) is 0 Å². The zero-order chi connectivity index (χ0) is 16.5. The molecule has 5 nitrogen and oxygen atoms in total. The Kier molecular flexibility index (Phi) is 3.76. The van der Waals surface area contributed by atoms with E-state index in [0.29, 0.717) is 11.8 Å². The number of fused-ring (bicyclic) bond motifs is 1. The van der Waals surface area contributed by atoms with Crippen molar-refractivity contribution < 1.29 is 9.84 Å². The smallest absolute Gasteiger partial charge is 0.161 e. The van der Waals surface area contributed by atoms with Gasteiger partial charge in [0.2, 0.25) is 0 Å². The van der Waals surface area contributed by atoms with Crippen LogP contribution in [0.3, 0.4) is 0 Å². The first kappa shape index (κ1) is 14.9. The maximum atomic E-state index is 9.84. The van der Waals surface area contributed by atoms with Gasteiger partial charge in [0.15, 0.2) is 11.5 Å². The van der Waals surface area contributed by atoms with E-state index in [-0.39, 0.29) is 5.75 Å². The summed E-state index contributed by atoms with van der Waals surface area (Å²) in [6.07, 6.45) is 6.87. The minimum Gasteiger partial charge on any atom is -0.504 e. The van der Waals surface area contributed by atoms with E-state index in [1.807, 2.05) is 24.4 Å². The first-order chi connectivity index (χ1) is 11.7. The number of phenolic OH excluding ortho intramolecular Hbond substituents is 1. The number of hydrogen-bond donors (Lipinski definition) is 3. The van der Waals surface area contributed by atoms with E-state index in [2.05, 4.69) is 16.4 Å². The third-order valence-corrected chi connectivity index (χ3v) is 4.73. The Hall–Kier alpha value is -2.69. The third-order valence-electron chi connectivity index (χ3n) is 4.73. The predicted octanol–water partition coefficient (Wildman–Crippen LogP) is 4.30. The molecule has 0 spiro atoms. The van der Waals surface area contributed by atoms with Gasteiger partial charge in [0.05, 0.1) is 7.11 Å². The van der Waals surface area contributed by atoms with Crippen LogP contribution in [-0.2, 0) is 0 Å². The van der Waals surface area contributed by atoms with Gasteiger partial charge in [0, 0.05) is 17.6 Å². The Balaban J connectivity index is 1.79. The molecule has 2 heterocycles. The number of anilines is 1. The Morgan fingerprint density at radius 2 is 2.04 bits per heavy atom. The largest absolute Gasteiger partial charge is 0.504 e. The van der Waals surface area contributed by atoms with Crippen LogP contribution in [0.25, 0.3) is 22.2 Å². The Morgan fingerprint density at radius 1 is 1.21 bits per heavy atom. The molecule has 3 aromatic rings. The van der Waals surface area contributed by atoms with Crippen LogP contribution < -0.4 is 10.1 Å². The molecule has 124 valence electrons. The van der Waals surface area contributed by atoms with Crippen molar-refractivity contribution in [2.45, 2.75) is 31.7 Å².